The Hall–Kier alpha value is -3.49. The van der Waals surface area contributed by atoms with E-state index < -0.39 is 33.5 Å². The van der Waals surface area contributed by atoms with Gasteiger partial charge in [-0.1, -0.05) is 12.1 Å². The van der Waals surface area contributed by atoms with Crippen LogP contribution in [0.3, 0.4) is 0 Å². The zero-order valence-corrected chi connectivity index (χ0v) is 23.6. The highest BCUT2D eigenvalue weighted by Crippen LogP contribution is 2.43. The van der Waals surface area contributed by atoms with E-state index in [4.69, 9.17) is 9.90 Å². The Bertz CT molecular complexity index is 1570. The Morgan fingerprint density at radius 2 is 1.93 bits per heavy atom. The quantitative estimate of drug-likeness (QED) is 0.364. The van der Waals surface area contributed by atoms with Gasteiger partial charge in [0.2, 0.25) is 0 Å². The van der Waals surface area contributed by atoms with Gasteiger partial charge in [0.1, 0.15) is 11.6 Å². The van der Waals surface area contributed by atoms with E-state index in [1.54, 1.807) is 18.2 Å². The maximum atomic E-state index is 13.9. The molecule has 3 heterocycles. The second-order valence-electron chi connectivity index (χ2n) is 9.97. The minimum Gasteiger partial charge on any atom is -0.507 e. The van der Waals surface area contributed by atoms with Crippen LogP contribution < -0.4 is 4.31 Å². The average molecular weight is 614 g/mol. The molecule has 0 radical (unpaired) electrons. The number of carboxylic acids is 1. The number of hydrogen-bond acceptors (Lipinski definition) is 7. The summed E-state index contributed by atoms with van der Waals surface area (Å²) in [6, 6.07) is 11.5. The van der Waals surface area contributed by atoms with E-state index in [1.165, 1.54) is 39.4 Å². The highest BCUT2D eigenvalue weighted by atomic mass is 32.2. The van der Waals surface area contributed by atoms with E-state index in [0.29, 0.717) is 31.6 Å². The summed E-state index contributed by atoms with van der Waals surface area (Å²) in [4.78, 5) is 11.2. The molecule has 3 aromatic rings. The van der Waals surface area contributed by atoms with E-state index in [-0.39, 0.29) is 11.8 Å². The third-order valence-electron chi connectivity index (χ3n) is 7.05. The third-order valence-corrected chi connectivity index (χ3v) is 9.36. The van der Waals surface area contributed by atoms with Gasteiger partial charge in [-0.15, -0.1) is 0 Å². The van der Waals surface area contributed by atoms with Gasteiger partial charge in [0.05, 0.1) is 16.9 Å². The number of carbonyl (C=O) groups is 1. The van der Waals surface area contributed by atoms with Crippen molar-refractivity contribution in [1.82, 2.24) is 9.27 Å². The van der Waals surface area contributed by atoms with E-state index >= 15 is 0 Å². The number of sulfonamides is 1. The Labute approximate surface area is 238 Å². The molecule has 41 heavy (non-hydrogen) atoms. The van der Waals surface area contributed by atoms with Crippen LogP contribution in [0.15, 0.2) is 59.3 Å². The molecule has 0 amide bonds. The largest absolute Gasteiger partial charge is 0.507 e. The molecular weight excluding hydrogens is 586 g/mol. The lowest BCUT2D eigenvalue weighted by Crippen LogP contribution is -2.56. The van der Waals surface area contributed by atoms with Gasteiger partial charge in [-0.05, 0) is 85.8 Å². The van der Waals surface area contributed by atoms with Gasteiger partial charge in [-0.25, -0.2) is 17.6 Å². The number of aryl methyl sites for hydroxylation is 1. The number of phenols is 1. The van der Waals surface area contributed by atoms with Gasteiger partial charge in [0, 0.05) is 35.5 Å². The predicted molar refractivity (Wildman–Crippen MR) is 146 cm³/mol. The fourth-order valence-corrected chi connectivity index (χ4v) is 7.48. The van der Waals surface area contributed by atoms with Crippen molar-refractivity contribution in [3.8, 4) is 17.0 Å². The zero-order chi connectivity index (χ0) is 30.2. The number of anilines is 1. The zero-order valence-electron chi connectivity index (χ0n) is 22.0. The summed E-state index contributed by atoms with van der Waals surface area (Å²) in [7, 11) is -3.67. The van der Waals surface area contributed by atoms with Crippen molar-refractivity contribution in [2.45, 2.75) is 51.0 Å². The van der Waals surface area contributed by atoms with Crippen LogP contribution in [0.1, 0.15) is 30.9 Å². The van der Waals surface area contributed by atoms with Crippen molar-refractivity contribution in [2.75, 3.05) is 10.8 Å². The van der Waals surface area contributed by atoms with Crippen LogP contribution in [-0.4, -0.2) is 58.2 Å². The van der Waals surface area contributed by atoms with Gasteiger partial charge in [-0.3, -0.25) is 9.21 Å². The predicted octanol–water partition coefficient (Wildman–Crippen LogP) is 5.68. The number of aliphatic carboxylic acids is 1. The molecule has 1 saturated heterocycles. The molecule has 0 saturated carbocycles. The lowest BCUT2D eigenvalue weighted by molar-refractivity contribution is -0.192. The molecule has 1 aromatic heterocycles. The van der Waals surface area contributed by atoms with Crippen LogP contribution in [0.2, 0.25) is 0 Å². The van der Waals surface area contributed by atoms with E-state index in [9.17, 15) is 31.1 Å². The van der Waals surface area contributed by atoms with E-state index in [1.807, 2.05) is 24.4 Å². The number of piperidine rings is 1. The molecule has 1 spiro atoms. The maximum absolute atomic E-state index is 13.9. The maximum Gasteiger partial charge on any atom is 0.490 e. The van der Waals surface area contributed by atoms with E-state index in [0.717, 1.165) is 22.4 Å². The molecule has 2 aromatic carbocycles. The van der Waals surface area contributed by atoms with Gasteiger partial charge >= 0.3 is 12.1 Å². The first-order valence-electron chi connectivity index (χ1n) is 12.4. The highest BCUT2D eigenvalue weighted by Gasteiger charge is 2.49. The molecule has 2 atom stereocenters. The molecule has 5 rings (SSSR count). The number of aromatic nitrogens is 1. The number of aromatic hydroxyl groups is 1. The van der Waals surface area contributed by atoms with Crippen LogP contribution in [0.4, 0.5) is 23.2 Å². The fourth-order valence-electron chi connectivity index (χ4n) is 5.13. The molecular formula is C27H27F4N3O5S2. The number of hydrogen-bond donors (Lipinski definition) is 2. The number of alkyl halides is 3. The van der Waals surface area contributed by atoms with E-state index in [2.05, 4.69) is 16.2 Å². The minimum absolute atomic E-state index is 0.0843. The molecule has 1 fully saturated rings. The molecule has 0 bridgehead atoms. The number of carboxylic acid groups (broad SMARTS) is 1. The van der Waals surface area contributed by atoms with Crippen LogP contribution in [0.5, 0.6) is 5.75 Å². The standard InChI is InChI=1S/C25H26FN3O3S2.C2HF3O2/c1-17-16-33-27-24(17)22-12-19(6-7-23(22)30)15-28-10-8-25(14-18(28)2)9-11-34(31,32)29(25)21-5-3-4-20(26)13-21;3-2(4,5)1(6)7/h3-7,9,11-13,16,18,30H,8,10,14-15H2,1-2H3;(H,6,7)/t18-,25-;/m0./s1. The molecule has 2 N–H and O–H groups in total. The van der Waals surface area contributed by atoms with Gasteiger partial charge in [0.15, 0.2) is 0 Å². The summed E-state index contributed by atoms with van der Waals surface area (Å²) in [5, 5.41) is 20.7. The van der Waals surface area contributed by atoms with Gasteiger partial charge < -0.3 is 10.2 Å². The molecule has 14 heteroatoms. The molecule has 2 aliphatic rings. The normalized spacial score (nSPS) is 22.0. The van der Waals surface area contributed by atoms with Crippen LogP contribution in [-0.2, 0) is 21.4 Å². The summed E-state index contributed by atoms with van der Waals surface area (Å²) in [6.07, 6.45) is -2.13. The number of phenolic OH excluding ortho intramolecular Hbond substituents is 1. The summed E-state index contributed by atoms with van der Waals surface area (Å²) in [5.41, 5.74) is 3.24. The van der Waals surface area contributed by atoms with Crippen molar-refractivity contribution in [2.24, 2.45) is 0 Å². The molecule has 220 valence electrons. The van der Waals surface area contributed by atoms with Crippen molar-refractivity contribution in [3.05, 3.63) is 76.3 Å². The monoisotopic (exact) mass is 613 g/mol. The first-order chi connectivity index (χ1) is 19.1. The van der Waals surface area contributed by atoms with Crippen molar-refractivity contribution in [3.63, 3.8) is 0 Å². The summed E-state index contributed by atoms with van der Waals surface area (Å²) in [5.74, 6) is -3.01. The number of likely N-dealkylation sites (tertiary alicyclic amines) is 1. The summed E-state index contributed by atoms with van der Waals surface area (Å²) in [6.45, 7) is 5.42. The van der Waals surface area contributed by atoms with Crippen LogP contribution in [0.25, 0.3) is 11.3 Å². The Balaban J connectivity index is 0.000000493. The Morgan fingerprint density at radius 3 is 2.51 bits per heavy atom. The minimum atomic E-state index is -5.08. The Kier molecular flexibility index (Phi) is 8.48. The highest BCUT2D eigenvalue weighted by molar-refractivity contribution is 7.96. The van der Waals surface area contributed by atoms with Gasteiger partial charge in [-0.2, -0.15) is 17.5 Å². The fraction of sp³-hybridized carbons (Fsp3) is 0.333. The SMILES string of the molecule is Cc1csnc1-c1cc(CN2CC[C@]3(C=CS(=O)(=O)N3c3cccc(F)c3)C[C@@H]2C)ccc1O.O=C(O)C(F)(F)F. The van der Waals surface area contributed by atoms with Gasteiger partial charge in [0.25, 0.3) is 10.0 Å². The topological polar surface area (TPSA) is 111 Å². The van der Waals surface area contributed by atoms with Crippen molar-refractivity contribution >= 4 is 33.2 Å². The molecule has 0 aliphatic carbocycles. The first kappa shape index (κ1) is 30.5. The molecule has 0 unspecified atom stereocenters. The van der Waals surface area contributed by atoms with Crippen molar-refractivity contribution in [1.29, 1.82) is 0 Å². The summed E-state index contributed by atoms with van der Waals surface area (Å²) >= 11 is 1.37. The average Bonchev–Trinajstić information content (AvgIpc) is 3.41. The Morgan fingerprint density at radius 1 is 1.22 bits per heavy atom. The van der Waals surface area contributed by atoms with Crippen LogP contribution >= 0.6 is 11.5 Å². The number of nitrogens with zero attached hydrogens (tertiary/aromatic N) is 3. The second-order valence-corrected chi connectivity index (χ2v) is 12.3. The number of rotatable bonds is 4. The lowest BCUT2D eigenvalue weighted by Gasteiger charge is -2.47. The second kappa shape index (κ2) is 11.4. The summed E-state index contributed by atoms with van der Waals surface area (Å²) < 4.78 is 77.3. The number of benzene rings is 2. The molecule has 8 nitrogen and oxygen atoms in total. The first-order valence-corrected chi connectivity index (χ1v) is 14.7. The number of halogens is 4. The smallest absolute Gasteiger partial charge is 0.490 e. The third kappa shape index (κ3) is 6.54. The van der Waals surface area contributed by atoms with Crippen LogP contribution in [0, 0.1) is 12.7 Å². The lowest BCUT2D eigenvalue weighted by atomic mass is 9.83. The van der Waals surface area contributed by atoms with Crippen molar-refractivity contribution < 1.29 is 41.0 Å². The molecule has 2 aliphatic heterocycles.